The third-order valence-electron chi connectivity index (χ3n) is 4.62. The Labute approximate surface area is 149 Å². The van der Waals surface area contributed by atoms with Crippen molar-refractivity contribution in [2.75, 3.05) is 4.90 Å². The van der Waals surface area contributed by atoms with Crippen LogP contribution < -0.4 is 4.90 Å². The molecule has 2 unspecified atom stereocenters. The minimum absolute atomic E-state index is 0.0659. The number of fused-ring (bicyclic) bond motifs is 3. The lowest BCUT2D eigenvalue weighted by Gasteiger charge is -2.30. The molecular formula is C19H16FNO3S. The van der Waals surface area contributed by atoms with E-state index in [4.69, 9.17) is 4.74 Å². The van der Waals surface area contributed by atoms with E-state index in [2.05, 4.69) is 0 Å². The number of amides is 1. The zero-order valence-corrected chi connectivity index (χ0v) is 14.4. The number of para-hydroxylation sites is 1. The molecule has 0 aliphatic carbocycles. The monoisotopic (exact) mass is 357 g/mol. The maximum absolute atomic E-state index is 13.1. The van der Waals surface area contributed by atoms with Gasteiger partial charge in [-0.15, -0.1) is 0 Å². The van der Waals surface area contributed by atoms with Gasteiger partial charge in [-0.1, -0.05) is 36.0 Å². The van der Waals surface area contributed by atoms with Crippen molar-refractivity contribution in [2.24, 2.45) is 0 Å². The molecule has 2 heterocycles. The number of halogens is 1. The van der Waals surface area contributed by atoms with Crippen LogP contribution in [-0.4, -0.2) is 16.7 Å². The lowest BCUT2D eigenvalue weighted by Crippen LogP contribution is -2.48. The number of carbonyl (C=O) groups excluding carboxylic acids is 2. The Morgan fingerprint density at radius 1 is 1.24 bits per heavy atom. The van der Waals surface area contributed by atoms with Crippen LogP contribution in [0.25, 0.3) is 0 Å². The third kappa shape index (κ3) is 2.52. The number of carbonyl (C=O) groups is 2. The number of anilines is 1. The zero-order valence-electron chi connectivity index (χ0n) is 13.6. The number of esters is 1. The number of hydrogen-bond acceptors (Lipinski definition) is 4. The van der Waals surface area contributed by atoms with Crippen LogP contribution in [0.15, 0.2) is 53.4 Å². The highest BCUT2D eigenvalue weighted by molar-refractivity contribution is 8.02. The summed E-state index contributed by atoms with van der Waals surface area (Å²) >= 11 is 1.38. The average Bonchev–Trinajstić information content (AvgIpc) is 3.11. The summed E-state index contributed by atoms with van der Waals surface area (Å²) in [5, 5.41) is 0. The predicted octanol–water partition coefficient (Wildman–Crippen LogP) is 4.06. The van der Waals surface area contributed by atoms with Crippen LogP contribution in [0.5, 0.6) is 0 Å². The fourth-order valence-electron chi connectivity index (χ4n) is 3.33. The molecule has 2 aromatic carbocycles. The highest BCUT2D eigenvalue weighted by atomic mass is 32.2. The molecule has 1 saturated heterocycles. The summed E-state index contributed by atoms with van der Waals surface area (Å²) < 4.78 is 18.7. The molecule has 0 spiro atoms. The van der Waals surface area contributed by atoms with E-state index in [1.54, 1.807) is 24.0 Å². The van der Waals surface area contributed by atoms with Crippen molar-refractivity contribution < 1.29 is 18.7 Å². The Morgan fingerprint density at radius 2 is 1.96 bits per heavy atom. The Bertz CT molecular complexity index is 854. The minimum atomic E-state index is -1.03. The van der Waals surface area contributed by atoms with Gasteiger partial charge in [0.15, 0.2) is 4.87 Å². The van der Waals surface area contributed by atoms with E-state index >= 15 is 0 Å². The van der Waals surface area contributed by atoms with Crippen molar-refractivity contribution >= 4 is 29.3 Å². The molecular weight excluding hydrogens is 341 g/mol. The van der Waals surface area contributed by atoms with Gasteiger partial charge >= 0.3 is 5.97 Å². The normalized spacial score (nSPS) is 22.5. The molecule has 25 heavy (non-hydrogen) atoms. The van der Waals surface area contributed by atoms with E-state index in [9.17, 15) is 14.0 Å². The summed E-state index contributed by atoms with van der Waals surface area (Å²) in [6, 6.07) is 13.4. The molecule has 0 N–H and O–H groups in total. The summed E-state index contributed by atoms with van der Waals surface area (Å²) in [7, 11) is 0. The topological polar surface area (TPSA) is 46.6 Å². The fraction of sp³-hybridized carbons (Fsp3) is 0.263. The number of hydrogen-bond donors (Lipinski definition) is 0. The van der Waals surface area contributed by atoms with E-state index in [0.717, 1.165) is 10.6 Å². The summed E-state index contributed by atoms with van der Waals surface area (Å²) in [5.74, 6) is -0.838. The molecule has 0 aromatic heterocycles. The van der Waals surface area contributed by atoms with E-state index in [0.29, 0.717) is 18.4 Å². The summed E-state index contributed by atoms with van der Waals surface area (Å²) in [5.41, 5.74) is 1.48. The van der Waals surface area contributed by atoms with Gasteiger partial charge in [-0.05, 0) is 36.8 Å². The Balaban J connectivity index is 1.61. The van der Waals surface area contributed by atoms with Crippen LogP contribution in [0.4, 0.5) is 10.1 Å². The Hall–Kier alpha value is -2.34. The Morgan fingerprint density at radius 3 is 2.72 bits per heavy atom. The SMILES string of the molecule is CC(OC(=O)C12CCC(=O)N1c1ccccc1S2)c1ccc(F)cc1. The number of rotatable bonds is 3. The quantitative estimate of drug-likeness (QED) is 0.777. The first-order valence-corrected chi connectivity index (χ1v) is 8.90. The van der Waals surface area contributed by atoms with Crippen molar-refractivity contribution in [3.8, 4) is 0 Å². The molecule has 1 fully saturated rings. The van der Waals surface area contributed by atoms with Gasteiger partial charge in [0.25, 0.3) is 0 Å². The Kier molecular flexibility index (Phi) is 3.80. The molecule has 128 valence electrons. The van der Waals surface area contributed by atoms with Gasteiger partial charge in [-0.25, -0.2) is 9.18 Å². The summed E-state index contributed by atoms with van der Waals surface area (Å²) in [6.45, 7) is 1.75. The fourth-order valence-corrected chi connectivity index (χ4v) is 4.73. The van der Waals surface area contributed by atoms with E-state index in [1.807, 2.05) is 24.3 Å². The van der Waals surface area contributed by atoms with Crippen LogP contribution in [0.1, 0.15) is 31.4 Å². The molecule has 0 radical (unpaired) electrons. The summed E-state index contributed by atoms with van der Waals surface area (Å²) in [6.07, 6.45) is 0.214. The molecule has 4 rings (SSSR count). The first-order chi connectivity index (χ1) is 12.0. The molecule has 2 aliphatic rings. The molecule has 4 nitrogen and oxygen atoms in total. The molecule has 6 heteroatoms. The first kappa shape index (κ1) is 16.1. The molecule has 2 atom stereocenters. The van der Waals surface area contributed by atoms with Crippen LogP contribution in [-0.2, 0) is 14.3 Å². The zero-order chi connectivity index (χ0) is 17.6. The molecule has 0 saturated carbocycles. The van der Waals surface area contributed by atoms with Crippen LogP contribution >= 0.6 is 11.8 Å². The van der Waals surface area contributed by atoms with Crippen LogP contribution in [0, 0.1) is 5.82 Å². The second kappa shape index (κ2) is 5.88. The van der Waals surface area contributed by atoms with Gasteiger partial charge in [0, 0.05) is 17.7 Å². The van der Waals surface area contributed by atoms with Gasteiger partial charge in [-0.2, -0.15) is 0 Å². The molecule has 0 bridgehead atoms. The molecule has 2 aromatic rings. The smallest absolute Gasteiger partial charge is 0.344 e. The van der Waals surface area contributed by atoms with Crippen molar-refractivity contribution in [2.45, 2.75) is 35.6 Å². The second-order valence-electron chi connectivity index (χ2n) is 6.18. The van der Waals surface area contributed by atoms with Crippen molar-refractivity contribution in [1.82, 2.24) is 0 Å². The highest BCUT2D eigenvalue weighted by Crippen LogP contribution is 2.56. The van der Waals surface area contributed by atoms with Crippen molar-refractivity contribution in [3.63, 3.8) is 0 Å². The number of nitrogens with zero attached hydrogens (tertiary/aromatic N) is 1. The van der Waals surface area contributed by atoms with E-state index < -0.39 is 16.9 Å². The van der Waals surface area contributed by atoms with Crippen LogP contribution in [0.3, 0.4) is 0 Å². The van der Waals surface area contributed by atoms with Crippen molar-refractivity contribution in [3.05, 3.63) is 59.9 Å². The minimum Gasteiger partial charge on any atom is -0.455 e. The van der Waals surface area contributed by atoms with E-state index in [-0.39, 0.29) is 11.7 Å². The number of thioether (sulfide) groups is 1. The van der Waals surface area contributed by atoms with Crippen LogP contribution in [0.2, 0.25) is 0 Å². The maximum atomic E-state index is 13.1. The highest BCUT2D eigenvalue weighted by Gasteiger charge is 2.58. The third-order valence-corrected chi connectivity index (χ3v) is 6.07. The van der Waals surface area contributed by atoms with Gasteiger partial charge in [0.2, 0.25) is 5.91 Å². The lowest BCUT2D eigenvalue weighted by atomic mass is 10.1. The largest absolute Gasteiger partial charge is 0.455 e. The number of benzene rings is 2. The van der Waals surface area contributed by atoms with E-state index in [1.165, 1.54) is 23.9 Å². The summed E-state index contributed by atoms with van der Waals surface area (Å²) in [4.78, 5) is 26.8. The average molecular weight is 357 g/mol. The van der Waals surface area contributed by atoms with Gasteiger partial charge in [0.05, 0.1) is 5.69 Å². The maximum Gasteiger partial charge on any atom is 0.344 e. The van der Waals surface area contributed by atoms with Gasteiger partial charge in [0.1, 0.15) is 11.9 Å². The standard InChI is InChI=1S/C19H16FNO3S/c1-12(13-6-8-14(20)9-7-13)24-18(23)19-11-10-17(22)21(19)15-4-2-3-5-16(15)25-19/h2-9,12H,10-11H2,1H3. The number of ether oxygens (including phenoxy) is 1. The second-order valence-corrected chi connectivity index (χ2v) is 7.50. The predicted molar refractivity (Wildman–Crippen MR) is 92.7 cm³/mol. The first-order valence-electron chi connectivity index (χ1n) is 8.09. The van der Waals surface area contributed by atoms with Gasteiger partial charge < -0.3 is 4.74 Å². The molecule has 1 amide bonds. The van der Waals surface area contributed by atoms with Crippen molar-refractivity contribution in [1.29, 1.82) is 0 Å². The van der Waals surface area contributed by atoms with Gasteiger partial charge in [-0.3, -0.25) is 9.69 Å². The molecule has 2 aliphatic heterocycles. The lowest BCUT2D eigenvalue weighted by molar-refractivity contribution is -0.151.